The van der Waals surface area contributed by atoms with Crippen molar-refractivity contribution >= 4 is 11.8 Å². The van der Waals surface area contributed by atoms with Gasteiger partial charge in [0.15, 0.2) is 0 Å². The summed E-state index contributed by atoms with van der Waals surface area (Å²) in [6.07, 6.45) is 8.94. The van der Waals surface area contributed by atoms with E-state index in [9.17, 15) is 9.59 Å². The lowest BCUT2D eigenvalue weighted by atomic mass is 9.75. The highest BCUT2D eigenvalue weighted by atomic mass is 16.2. The highest BCUT2D eigenvalue weighted by molar-refractivity contribution is 5.80. The van der Waals surface area contributed by atoms with Crippen LogP contribution in [0.2, 0.25) is 0 Å². The van der Waals surface area contributed by atoms with E-state index >= 15 is 0 Å². The summed E-state index contributed by atoms with van der Waals surface area (Å²) in [5, 5.41) is 11.8. The summed E-state index contributed by atoms with van der Waals surface area (Å²) in [4.78, 5) is 26.0. The van der Waals surface area contributed by atoms with Gasteiger partial charge in [-0.15, -0.1) is 5.10 Å². The van der Waals surface area contributed by atoms with Crippen LogP contribution in [-0.2, 0) is 22.7 Å². The first-order valence-corrected chi connectivity index (χ1v) is 10.1. The lowest BCUT2D eigenvalue weighted by Crippen LogP contribution is -2.45. The molecule has 1 aliphatic heterocycles. The Bertz CT molecular complexity index is 667. The van der Waals surface area contributed by atoms with Crippen LogP contribution in [0.1, 0.15) is 57.6 Å². The standard InChI is InChI=1S/C19H29N5O2/c1-13-8-15(9-13)19(26)20-17-5-2-4-14(17)10-24-12-16(21-22-24)11-23-7-3-6-18(23)25/h12-15,17H,2-11H2,1H3,(H,20,26)/t13?,14-,15?,17-/m1/s1. The Morgan fingerprint density at radius 2 is 2.15 bits per heavy atom. The van der Waals surface area contributed by atoms with Crippen molar-refractivity contribution in [3.8, 4) is 0 Å². The zero-order chi connectivity index (χ0) is 18.1. The van der Waals surface area contributed by atoms with Gasteiger partial charge in [-0.1, -0.05) is 18.6 Å². The maximum absolute atomic E-state index is 12.4. The molecule has 142 valence electrons. The molecule has 3 fully saturated rings. The van der Waals surface area contributed by atoms with Gasteiger partial charge in [0.2, 0.25) is 11.8 Å². The molecule has 1 saturated heterocycles. The molecule has 0 aromatic carbocycles. The number of amides is 2. The second-order valence-electron chi connectivity index (χ2n) is 8.43. The highest BCUT2D eigenvalue weighted by Gasteiger charge is 2.35. The largest absolute Gasteiger partial charge is 0.353 e. The quantitative estimate of drug-likeness (QED) is 0.839. The number of hydrogen-bond acceptors (Lipinski definition) is 4. The lowest BCUT2D eigenvalue weighted by Gasteiger charge is -2.33. The molecule has 7 heteroatoms. The molecule has 0 radical (unpaired) electrons. The van der Waals surface area contributed by atoms with Crippen molar-refractivity contribution < 1.29 is 9.59 Å². The van der Waals surface area contributed by atoms with Crippen LogP contribution in [0.5, 0.6) is 0 Å². The van der Waals surface area contributed by atoms with Gasteiger partial charge in [0.05, 0.1) is 12.7 Å². The van der Waals surface area contributed by atoms with Crippen molar-refractivity contribution in [2.75, 3.05) is 6.54 Å². The maximum atomic E-state index is 12.4. The van der Waals surface area contributed by atoms with E-state index in [2.05, 4.69) is 22.6 Å². The Labute approximate surface area is 154 Å². The second-order valence-corrected chi connectivity index (χ2v) is 8.43. The van der Waals surface area contributed by atoms with Gasteiger partial charge < -0.3 is 10.2 Å². The zero-order valence-corrected chi connectivity index (χ0v) is 15.6. The molecule has 0 bridgehead atoms. The molecule has 26 heavy (non-hydrogen) atoms. The molecule has 2 amide bonds. The van der Waals surface area contributed by atoms with Crippen molar-refractivity contribution in [1.29, 1.82) is 0 Å². The fourth-order valence-electron chi connectivity index (χ4n) is 4.67. The highest BCUT2D eigenvalue weighted by Crippen LogP contribution is 2.34. The van der Waals surface area contributed by atoms with Crippen molar-refractivity contribution in [1.82, 2.24) is 25.2 Å². The van der Waals surface area contributed by atoms with Gasteiger partial charge >= 0.3 is 0 Å². The number of carbonyl (C=O) groups excluding carboxylic acids is 2. The second kappa shape index (κ2) is 7.37. The van der Waals surface area contributed by atoms with Crippen LogP contribution in [-0.4, -0.2) is 44.3 Å². The Morgan fingerprint density at radius 3 is 2.88 bits per heavy atom. The fraction of sp³-hybridized carbons (Fsp3) is 0.789. The molecule has 1 aromatic rings. The molecular formula is C19H29N5O2. The smallest absolute Gasteiger partial charge is 0.223 e. The van der Waals surface area contributed by atoms with Crippen LogP contribution >= 0.6 is 0 Å². The summed E-state index contributed by atoms with van der Waals surface area (Å²) in [5.74, 6) is 1.79. The van der Waals surface area contributed by atoms with Crippen molar-refractivity contribution in [2.45, 2.75) is 71.0 Å². The van der Waals surface area contributed by atoms with E-state index in [1.807, 2.05) is 15.8 Å². The summed E-state index contributed by atoms with van der Waals surface area (Å²) in [5.41, 5.74) is 0.849. The molecule has 1 N–H and O–H groups in total. The van der Waals surface area contributed by atoms with Crippen LogP contribution in [0, 0.1) is 17.8 Å². The monoisotopic (exact) mass is 359 g/mol. The van der Waals surface area contributed by atoms with Crippen LogP contribution in [0.3, 0.4) is 0 Å². The summed E-state index contributed by atoms with van der Waals surface area (Å²) in [6.45, 7) is 4.37. The van der Waals surface area contributed by atoms with E-state index in [4.69, 9.17) is 0 Å². The minimum absolute atomic E-state index is 0.212. The van der Waals surface area contributed by atoms with Crippen molar-refractivity contribution in [2.24, 2.45) is 17.8 Å². The SMILES string of the molecule is CC1CC(C(=O)N[C@@H]2CCC[C@@H]2Cn2cc(CN3CCCC3=O)nn2)C1. The molecule has 2 atom stereocenters. The third kappa shape index (κ3) is 3.76. The maximum Gasteiger partial charge on any atom is 0.223 e. The molecule has 2 aliphatic carbocycles. The van der Waals surface area contributed by atoms with Gasteiger partial charge in [0.1, 0.15) is 5.69 Å². The number of rotatable bonds is 6. The zero-order valence-electron chi connectivity index (χ0n) is 15.6. The third-order valence-electron chi connectivity index (χ3n) is 6.26. The molecule has 1 aromatic heterocycles. The van der Waals surface area contributed by atoms with Crippen LogP contribution in [0.15, 0.2) is 6.20 Å². The van der Waals surface area contributed by atoms with E-state index < -0.39 is 0 Å². The molecule has 4 rings (SSSR count). The van der Waals surface area contributed by atoms with E-state index in [-0.39, 0.29) is 23.8 Å². The minimum atomic E-state index is 0.212. The van der Waals surface area contributed by atoms with Crippen molar-refractivity contribution in [3.63, 3.8) is 0 Å². The Balaban J connectivity index is 1.30. The van der Waals surface area contributed by atoms with E-state index in [1.165, 1.54) is 0 Å². The van der Waals surface area contributed by atoms with Crippen LogP contribution in [0.4, 0.5) is 0 Å². The predicted molar refractivity (Wildman–Crippen MR) is 95.8 cm³/mol. The summed E-state index contributed by atoms with van der Waals surface area (Å²) >= 11 is 0. The van der Waals surface area contributed by atoms with Gasteiger partial charge in [-0.05, 0) is 43.9 Å². The summed E-state index contributed by atoms with van der Waals surface area (Å²) in [6, 6.07) is 0.256. The molecule has 3 aliphatic rings. The first kappa shape index (κ1) is 17.5. The molecule has 0 unspecified atom stereocenters. The van der Waals surface area contributed by atoms with E-state index in [0.29, 0.717) is 24.8 Å². The molecule has 7 nitrogen and oxygen atoms in total. The van der Waals surface area contributed by atoms with Gasteiger partial charge in [0.25, 0.3) is 0 Å². The van der Waals surface area contributed by atoms with Gasteiger partial charge in [-0.3, -0.25) is 14.3 Å². The normalized spacial score (nSPS) is 31.3. The Kier molecular flexibility index (Phi) is 4.96. The topological polar surface area (TPSA) is 80.1 Å². The number of carbonyl (C=O) groups is 2. The summed E-state index contributed by atoms with van der Waals surface area (Å²) in [7, 11) is 0. The van der Waals surface area contributed by atoms with Crippen LogP contribution < -0.4 is 5.32 Å². The Hall–Kier alpha value is -1.92. The van der Waals surface area contributed by atoms with E-state index in [1.54, 1.807) is 0 Å². The van der Waals surface area contributed by atoms with E-state index in [0.717, 1.165) is 57.3 Å². The van der Waals surface area contributed by atoms with Gasteiger partial charge in [-0.2, -0.15) is 0 Å². The van der Waals surface area contributed by atoms with Gasteiger partial charge in [0, 0.05) is 31.5 Å². The first-order valence-electron chi connectivity index (χ1n) is 10.1. The lowest BCUT2D eigenvalue weighted by molar-refractivity contribution is -0.130. The number of nitrogens with zero attached hydrogens (tertiary/aromatic N) is 4. The number of hydrogen-bond donors (Lipinski definition) is 1. The Morgan fingerprint density at radius 1 is 1.31 bits per heavy atom. The van der Waals surface area contributed by atoms with Crippen LogP contribution in [0.25, 0.3) is 0 Å². The molecule has 0 spiro atoms. The minimum Gasteiger partial charge on any atom is -0.353 e. The first-order chi connectivity index (χ1) is 12.6. The third-order valence-corrected chi connectivity index (χ3v) is 6.26. The molecular weight excluding hydrogens is 330 g/mol. The number of nitrogens with one attached hydrogen (secondary N) is 1. The number of likely N-dealkylation sites (tertiary alicyclic amines) is 1. The molecule has 2 saturated carbocycles. The van der Waals surface area contributed by atoms with Gasteiger partial charge in [-0.25, -0.2) is 0 Å². The fourth-order valence-corrected chi connectivity index (χ4v) is 4.67. The number of aromatic nitrogens is 3. The molecule has 2 heterocycles. The summed E-state index contributed by atoms with van der Waals surface area (Å²) < 4.78 is 1.89. The van der Waals surface area contributed by atoms with Crippen molar-refractivity contribution in [3.05, 3.63) is 11.9 Å². The average Bonchev–Trinajstić information content (AvgIpc) is 3.30. The average molecular weight is 359 g/mol. The predicted octanol–water partition coefficient (Wildman–Crippen LogP) is 1.73.